The van der Waals surface area contributed by atoms with Crippen molar-refractivity contribution >= 4 is 17.2 Å². The molecule has 2 aromatic rings. The summed E-state index contributed by atoms with van der Waals surface area (Å²) in [6.45, 7) is 1.32. The lowest BCUT2D eigenvalue weighted by Crippen LogP contribution is -2.47. The molecule has 0 bridgehead atoms. The fourth-order valence-corrected chi connectivity index (χ4v) is 3.28. The second-order valence-electron chi connectivity index (χ2n) is 6.39. The molecule has 1 aromatic carbocycles. The predicted octanol–water partition coefficient (Wildman–Crippen LogP) is 3.51. The van der Waals surface area contributed by atoms with Crippen LogP contribution in [0.5, 0.6) is 0 Å². The zero-order chi connectivity index (χ0) is 19.6. The molecule has 1 atom stereocenters. The molecule has 3 rings (SSSR count). The van der Waals surface area contributed by atoms with Crippen molar-refractivity contribution in [2.45, 2.75) is 25.1 Å². The highest BCUT2D eigenvalue weighted by atomic mass is 19.4. The summed E-state index contributed by atoms with van der Waals surface area (Å²) in [5.74, 6) is 0.706. The summed E-state index contributed by atoms with van der Waals surface area (Å²) in [7, 11) is 1.67. The van der Waals surface area contributed by atoms with E-state index in [-0.39, 0.29) is 11.7 Å². The number of nitro groups is 1. The number of halogens is 3. The van der Waals surface area contributed by atoms with Gasteiger partial charge in [-0.3, -0.25) is 10.1 Å². The summed E-state index contributed by atoms with van der Waals surface area (Å²) in [5, 5.41) is 19.3. The smallest absolute Gasteiger partial charge is 0.364 e. The normalized spacial score (nSPS) is 17.6. The molecule has 1 saturated heterocycles. The Hall–Kier alpha value is -2.91. The lowest BCUT2D eigenvalue weighted by atomic mass is 10.0. The van der Waals surface area contributed by atoms with Gasteiger partial charge in [-0.25, -0.2) is 0 Å². The molecule has 7 nitrogen and oxygen atoms in total. The first kappa shape index (κ1) is 18.9. The summed E-state index contributed by atoms with van der Waals surface area (Å²) >= 11 is 0. The third-order valence-electron chi connectivity index (χ3n) is 4.71. The van der Waals surface area contributed by atoms with E-state index in [0.29, 0.717) is 18.4 Å². The maximum Gasteiger partial charge on any atom is 0.416 e. The Kier molecular flexibility index (Phi) is 5.15. The third-order valence-corrected chi connectivity index (χ3v) is 4.71. The van der Waals surface area contributed by atoms with E-state index in [2.05, 4.69) is 10.2 Å². The number of alkyl halides is 3. The zero-order valence-corrected chi connectivity index (χ0v) is 14.6. The first-order valence-corrected chi connectivity index (χ1v) is 8.38. The molecule has 144 valence electrons. The Morgan fingerprint density at radius 1 is 1.33 bits per heavy atom. The van der Waals surface area contributed by atoms with Gasteiger partial charge in [0, 0.05) is 38.4 Å². The second kappa shape index (κ2) is 7.37. The molecular weight excluding hydrogens is 363 g/mol. The fourth-order valence-electron chi connectivity index (χ4n) is 3.28. The zero-order valence-electron chi connectivity index (χ0n) is 14.6. The molecule has 0 saturated carbocycles. The fraction of sp³-hybridized carbons (Fsp3) is 0.412. The van der Waals surface area contributed by atoms with Gasteiger partial charge in [-0.2, -0.15) is 18.3 Å². The van der Waals surface area contributed by atoms with Gasteiger partial charge >= 0.3 is 6.18 Å². The minimum atomic E-state index is -4.63. The van der Waals surface area contributed by atoms with Crippen LogP contribution < -0.4 is 9.80 Å². The number of nitro benzene ring substituents is 1. The monoisotopic (exact) mass is 381 g/mol. The van der Waals surface area contributed by atoms with E-state index in [1.165, 1.54) is 6.07 Å². The standard InChI is InChI=1S/C17H18F3N5O2/c1-23(13-4-3-9-24(11-13)16-5-2-8-21-22-16)14-7-6-12(17(18,19)20)10-15(14)25(26)27/h2,5-8,10,13H,3-4,9,11H2,1H3. The summed E-state index contributed by atoms with van der Waals surface area (Å²) in [6, 6.07) is 6.14. The Bertz CT molecular complexity index is 816. The van der Waals surface area contributed by atoms with Crippen LogP contribution in [-0.2, 0) is 6.18 Å². The summed E-state index contributed by atoms with van der Waals surface area (Å²) < 4.78 is 38.7. The number of anilines is 2. The number of likely N-dealkylation sites (N-methyl/N-ethyl adjacent to an activating group) is 1. The van der Waals surface area contributed by atoms with Crippen molar-refractivity contribution in [3.63, 3.8) is 0 Å². The van der Waals surface area contributed by atoms with Gasteiger partial charge in [-0.1, -0.05) is 0 Å². The molecule has 1 unspecified atom stereocenters. The summed E-state index contributed by atoms with van der Waals surface area (Å²) in [6.07, 6.45) is -1.45. The molecule has 0 N–H and O–H groups in total. The minimum Gasteiger partial charge on any atom is -0.364 e. The van der Waals surface area contributed by atoms with Gasteiger partial charge in [0.05, 0.1) is 10.5 Å². The molecular formula is C17H18F3N5O2. The molecule has 27 heavy (non-hydrogen) atoms. The van der Waals surface area contributed by atoms with Crippen LogP contribution in [0.4, 0.5) is 30.4 Å². The Morgan fingerprint density at radius 2 is 2.11 bits per heavy atom. The van der Waals surface area contributed by atoms with Gasteiger partial charge < -0.3 is 9.80 Å². The number of aromatic nitrogens is 2. The average molecular weight is 381 g/mol. The van der Waals surface area contributed by atoms with Gasteiger partial charge in [0.1, 0.15) is 5.69 Å². The summed E-state index contributed by atoms with van der Waals surface area (Å²) in [5.41, 5.74) is -1.42. The van der Waals surface area contributed by atoms with E-state index in [1.807, 2.05) is 11.0 Å². The van der Waals surface area contributed by atoms with Crippen molar-refractivity contribution in [2.75, 3.05) is 29.9 Å². The molecule has 1 aliphatic rings. The van der Waals surface area contributed by atoms with E-state index >= 15 is 0 Å². The molecule has 1 fully saturated rings. The van der Waals surface area contributed by atoms with E-state index < -0.39 is 22.4 Å². The number of hydrogen-bond acceptors (Lipinski definition) is 6. The Labute approximate surface area is 153 Å². The van der Waals surface area contributed by atoms with Gasteiger partial charge in [0.25, 0.3) is 5.69 Å². The first-order valence-electron chi connectivity index (χ1n) is 8.38. The van der Waals surface area contributed by atoms with E-state index in [1.54, 1.807) is 24.2 Å². The first-order chi connectivity index (χ1) is 12.8. The van der Waals surface area contributed by atoms with Crippen LogP contribution in [0.25, 0.3) is 0 Å². The van der Waals surface area contributed by atoms with Crippen molar-refractivity contribution in [1.29, 1.82) is 0 Å². The molecule has 10 heteroatoms. The van der Waals surface area contributed by atoms with Crippen molar-refractivity contribution in [3.05, 3.63) is 52.2 Å². The quantitative estimate of drug-likeness (QED) is 0.596. The highest BCUT2D eigenvalue weighted by molar-refractivity contribution is 5.65. The Morgan fingerprint density at radius 3 is 2.74 bits per heavy atom. The molecule has 0 spiro atoms. The van der Waals surface area contributed by atoms with Crippen LogP contribution in [0.2, 0.25) is 0 Å². The van der Waals surface area contributed by atoms with Crippen LogP contribution in [-0.4, -0.2) is 41.3 Å². The minimum absolute atomic E-state index is 0.101. The number of nitrogens with zero attached hydrogens (tertiary/aromatic N) is 5. The predicted molar refractivity (Wildman–Crippen MR) is 93.8 cm³/mol. The number of piperidine rings is 1. The van der Waals surface area contributed by atoms with Gasteiger partial charge in [-0.15, -0.1) is 5.10 Å². The van der Waals surface area contributed by atoms with Crippen molar-refractivity contribution in [3.8, 4) is 0 Å². The lowest BCUT2D eigenvalue weighted by molar-refractivity contribution is -0.384. The van der Waals surface area contributed by atoms with Gasteiger partial charge in [-0.05, 0) is 37.1 Å². The lowest BCUT2D eigenvalue weighted by Gasteiger charge is -2.38. The van der Waals surface area contributed by atoms with E-state index in [0.717, 1.165) is 25.5 Å². The third kappa shape index (κ3) is 4.09. The average Bonchev–Trinajstić information content (AvgIpc) is 2.67. The molecule has 2 heterocycles. The van der Waals surface area contributed by atoms with Crippen molar-refractivity contribution < 1.29 is 18.1 Å². The van der Waals surface area contributed by atoms with Crippen LogP contribution >= 0.6 is 0 Å². The number of benzene rings is 1. The maximum atomic E-state index is 12.9. The largest absolute Gasteiger partial charge is 0.416 e. The molecule has 1 aliphatic heterocycles. The van der Waals surface area contributed by atoms with Crippen LogP contribution in [0.3, 0.4) is 0 Å². The highest BCUT2D eigenvalue weighted by Crippen LogP contribution is 2.37. The van der Waals surface area contributed by atoms with Crippen LogP contribution in [0.15, 0.2) is 36.5 Å². The van der Waals surface area contributed by atoms with Crippen LogP contribution in [0.1, 0.15) is 18.4 Å². The molecule has 0 radical (unpaired) electrons. The topological polar surface area (TPSA) is 75.4 Å². The maximum absolute atomic E-state index is 12.9. The summed E-state index contributed by atoms with van der Waals surface area (Å²) in [4.78, 5) is 14.3. The SMILES string of the molecule is CN(c1ccc(C(F)(F)F)cc1[N+](=O)[O-])C1CCCN(c2cccnn2)C1. The van der Waals surface area contributed by atoms with Gasteiger partial charge in [0.2, 0.25) is 0 Å². The van der Waals surface area contributed by atoms with Crippen LogP contribution in [0, 0.1) is 10.1 Å². The molecule has 1 aromatic heterocycles. The van der Waals surface area contributed by atoms with E-state index in [9.17, 15) is 23.3 Å². The number of rotatable bonds is 4. The van der Waals surface area contributed by atoms with Crippen molar-refractivity contribution in [1.82, 2.24) is 10.2 Å². The van der Waals surface area contributed by atoms with Gasteiger partial charge in [0.15, 0.2) is 5.82 Å². The Balaban J connectivity index is 1.86. The molecule has 0 amide bonds. The molecule has 0 aliphatic carbocycles. The highest BCUT2D eigenvalue weighted by Gasteiger charge is 2.34. The van der Waals surface area contributed by atoms with E-state index in [4.69, 9.17) is 0 Å². The second-order valence-corrected chi connectivity index (χ2v) is 6.39. The number of hydrogen-bond donors (Lipinski definition) is 0. The van der Waals surface area contributed by atoms with Crippen molar-refractivity contribution in [2.24, 2.45) is 0 Å².